The first-order chi connectivity index (χ1) is 21.4. The standard InChI is InChI=1S/C35H50N4O5/c1-3-5-12-20-44-30-23-27(22-29(24-30)39-19-13-18-33(39)41)34(42)37-31(21-26-14-8-6-9-15-26)32(40)25-38(4-2)35(43)36-28-16-10-7-11-17-28/h6,8-9,14-15,22-24,28,31-32,40H,3-5,7,10-13,16-21,25H2,1-2H3,(H,36,43)(H,37,42)/t31-,32-/m0/s1. The van der Waals surface area contributed by atoms with Crippen LogP contribution in [0.3, 0.4) is 0 Å². The smallest absolute Gasteiger partial charge is 0.317 e. The van der Waals surface area contributed by atoms with Crippen LogP contribution < -0.4 is 20.3 Å². The molecule has 2 atom stereocenters. The first-order valence-corrected chi connectivity index (χ1v) is 16.5. The van der Waals surface area contributed by atoms with Crippen LogP contribution in [0.1, 0.15) is 94.0 Å². The molecule has 2 aliphatic rings. The number of likely N-dealkylation sites (N-methyl/N-ethyl adjacent to an activating group) is 1. The maximum Gasteiger partial charge on any atom is 0.317 e. The van der Waals surface area contributed by atoms with Crippen molar-refractivity contribution in [3.8, 4) is 5.75 Å². The van der Waals surface area contributed by atoms with Crippen LogP contribution in [-0.4, -0.2) is 72.3 Å². The van der Waals surface area contributed by atoms with Crippen LogP contribution in [0.4, 0.5) is 10.5 Å². The third-order valence-electron chi connectivity index (χ3n) is 8.64. The summed E-state index contributed by atoms with van der Waals surface area (Å²) in [4.78, 5) is 42.8. The van der Waals surface area contributed by atoms with Crippen LogP contribution in [-0.2, 0) is 11.2 Å². The van der Waals surface area contributed by atoms with Gasteiger partial charge in [-0.2, -0.15) is 0 Å². The summed E-state index contributed by atoms with van der Waals surface area (Å²) in [5.41, 5.74) is 1.96. The zero-order valence-corrected chi connectivity index (χ0v) is 26.4. The monoisotopic (exact) mass is 606 g/mol. The lowest BCUT2D eigenvalue weighted by Gasteiger charge is -2.32. The summed E-state index contributed by atoms with van der Waals surface area (Å²) in [6, 6.07) is 14.3. The fraction of sp³-hybridized carbons (Fsp3) is 0.571. The number of aliphatic hydroxyl groups is 1. The van der Waals surface area contributed by atoms with Crippen molar-refractivity contribution in [3.63, 3.8) is 0 Å². The highest BCUT2D eigenvalue weighted by atomic mass is 16.5. The second-order valence-electron chi connectivity index (χ2n) is 12.1. The average molecular weight is 607 g/mol. The number of hydrogen-bond donors (Lipinski definition) is 3. The molecule has 4 rings (SSSR count). The van der Waals surface area contributed by atoms with Gasteiger partial charge >= 0.3 is 6.03 Å². The fourth-order valence-corrected chi connectivity index (χ4v) is 6.04. The van der Waals surface area contributed by atoms with Crippen molar-refractivity contribution < 1.29 is 24.2 Å². The van der Waals surface area contributed by atoms with Crippen molar-refractivity contribution in [2.45, 2.75) is 103 Å². The third kappa shape index (κ3) is 9.71. The van der Waals surface area contributed by atoms with Gasteiger partial charge < -0.3 is 30.3 Å². The molecule has 2 aromatic rings. The van der Waals surface area contributed by atoms with Gasteiger partial charge in [0.1, 0.15) is 5.75 Å². The molecule has 44 heavy (non-hydrogen) atoms. The molecule has 9 nitrogen and oxygen atoms in total. The van der Waals surface area contributed by atoms with E-state index in [0.29, 0.717) is 49.5 Å². The topological polar surface area (TPSA) is 111 Å². The number of unbranched alkanes of at least 4 members (excludes halogenated alkanes) is 2. The van der Waals surface area contributed by atoms with Crippen molar-refractivity contribution in [3.05, 3.63) is 59.7 Å². The van der Waals surface area contributed by atoms with Gasteiger partial charge in [-0.3, -0.25) is 9.59 Å². The lowest BCUT2D eigenvalue weighted by atomic mass is 9.96. The number of ether oxygens (including phenoxy) is 1. The molecule has 0 radical (unpaired) electrons. The SMILES string of the molecule is CCCCCOc1cc(C(=O)N[C@@H](Cc2ccccc2)[C@@H](O)CN(CC)C(=O)NC2CCCCC2)cc(N2CCCC2=O)c1. The van der Waals surface area contributed by atoms with Gasteiger partial charge in [-0.15, -0.1) is 0 Å². The molecule has 9 heteroatoms. The van der Waals surface area contributed by atoms with Crippen molar-refractivity contribution in [2.24, 2.45) is 0 Å². The van der Waals surface area contributed by atoms with Crippen molar-refractivity contribution in [2.75, 3.05) is 31.1 Å². The van der Waals surface area contributed by atoms with E-state index in [1.165, 1.54) is 6.42 Å². The zero-order valence-electron chi connectivity index (χ0n) is 26.4. The van der Waals surface area contributed by atoms with E-state index in [9.17, 15) is 19.5 Å². The number of nitrogens with one attached hydrogen (secondary N) is 2. The molecule has 1 saturated heterocycles. The van der Waals surface area contributed by atoms with Crippen LogP contribution in [0.5, 0.6) is 5.75 Å². The van der Waals surface area contributed by atoms with Gasteiger partial charge in [0.05, 0.1) is 25.3 Å². The highest BCUT2D eigenvalue weighted by Crippen LogP contribution is 2.28. The van der Waals surface area contributed by atoms with Crippen LogP contribution in [0.2, 0.25) is 0 Å². The predicted octanol–water partition coefficient (Wildman–Crippen LogP) is 5.45. The molecule has 3 N–H and O–H groups in total. The number of anilines is 1. The largest absolute Gasteiger partial charge is 0.493 e. The van der Waals surface area contributed by atoms with E-state index in [2.05, 4.69) is 17.6 Å². The zero-order chi connectivity index (χ0) is 31.3. The molecule has 0 spiro atoms. The number of carbonyl (C=O) groups excluding carboxylic acids is 3. The highest BCUT2D eigenvalue weighted by Gasteiger charge is 2.28. The Morgan fingerprint density at radius 1 is 1.05 bits per heavy atom. The number of rotatable bonds is 15. The third-order valence-corrected chi connectivity index (χ3v) is 8.64. The molecular formula is C35H50N4O5. The maximum absolute atomic E-state index is 13.8. The van der Waals surface area contributed by atoms with E-state index in [1.54, 1.807) is 21.9 Å². The number of nitrogens with zero attached hydrogens (tertiary/aromatic N) is 2. The Bertz CT molecular complexity index is 1220. The van der Waals surface area contributed by atoms with E-state index in [0.717, 1.165) is 56.9 Å². The van der Waals surface area contributed by atoms with Gasteiger partial charge in [0.15, 0.2) is 0 Å². The Hall–Kier alpha value is -3.59. The number of carbonyl (C=O) groups is 3. The predicted molar refractivity (Wildman–Crippen MR) is 173 cm³/mol. The summed E-state index contributed by atoms with van der Waals surface area (Å²) in [5, 5.41) is 17.7. The molecule has 1 saturated carbocycles. The average Bonchev–Trinajstić information content (AvgIpc) is 3.48. The van der Waals surface area contributed by atoms with Gasteiger partial charge in [0, 0.05) is 42.9 Å². The molecule has 0 bridgehead atoms. The number of hydrogen-bond acceptors (Lipinski definition) is 5. The lowest BCUT2D eigenvalue weighted by molar-refractivity contribution is -0.117. The molecule has 2 fully saturated rings. The van der Waals surface area contributed by atoms with Gasteiger partial charge in [-0.05, 0) is 56.7 Å². The first kappa shape index (κ1) is 33.3. The molecule has 2 aromatic carbocycles. The minimum absolute atomic E-state index is 0.0306. The number of urea groups is 1. The minimum atomic E-state index is -1.01. The highest BCUT2D eigenvalue weighted by molar-refractivity contribution is 5.99. The number of amides is 4. The molecule has 240 valence electrons. The minimum Gasteiger partial charge on any atom is -0.493 e. The Morgan fingerprint density at radius 3 is 2.50 bits per heavy atom. The summed E-state index contributed by atoms with van der Waals surface area (Å²) in [7, 11) is 0. The molecule has 1 heterocycles. The lowest BCUT2D eigenvalue weighted by Crippen LogP contribution is -2.53. The molecule has 1 aliphatic carbocycles. The molecule has 0 unspecified atom stereocenters. The second-order valence-corrected chi connectivity index (χ2v) is 12.1. The molecule has 0 aromatic heterocycles. The van der Waals surface area contributed by atoms with Crippen LogP contribution in [0.15, 0.2) is 48.5 Å². The summed E-state index contributed by atoms with van der Waals surface area (Å²) >= 11 is 0. The van der Waals surface area contributed by atoms with Crippen LogP contribution in [0, 0.1) is 0 Å². The normalized spacial score (nSPS) is 16.8. The fourth-order valence-electron chi connectivity index (χ4n) is 6.04. The number of benzene rings is 2. The van der Waals surface area contributed by atoms with E-state index < -0.39 is 12.1 Å². The maximum atomic E-state index is 13.8. The van der Waals surface area contributed by atoms with E-state index >= 15 is 0 Å². The summed E-state index contributed by atoms with van der Waals surface area (Å²) < 4.78 is 6.02. The van der Waals surface area contributed by atoms with Crippen LogP contribution >= 0.6 is 0 Å². The Balaban J connectivity index is 1.52. The quantitative estimate of drug-likeness (QED) is 0.234. The van der Waals surface area contributed by atoms with Crippen molar-refractivity contribution in [1.82, 2.24) is 15.5 Å². The Kier molecular flexibility index (Phi) is 12.9. The Morgan fingerprint density at radius 2 is 1.82 bits per heavy atom. The van der Waals surface area contributed by atoms with Gasteiger partial charge in [-0.1, -0.05) is 69.4 Å². The first-order valence-electron chi connectivity index (χ1n) is 16.5. The van der Waals surface area contributed by atoms with Crippen LogP contribution in [0.25, 0.3) is 0 Å². The second kappa shape index (κ2) is 17.0. The summed E-state index contributed by atoms with van der Waals surface area (Å²) in [6.45, 7) is 5.67. The Labute approximate surface area is 262 Å². The summed E-state index contributed by atoms with van der Waals surface area (Å²) in [6.07, 6.45) is 9.04. The van der Waals surface area contributed by atoms with Crippen molar-refractivity contribution >= 4 is 23.5 Å². The number of aliphatic hydroxyl groups excluding tert-OH is 1. The van der Waals surface area contributed by atoms with E-state index in [-0.39, 0.29) is 30.4 Å². The molecule has 4 amide bonds. The van der Waals surface area contributed by atoms with E-state index in [1.807, 2.05) is 43.3 Å². The van der Waals surface area contributed by atoms with Gasteiger partial charge in [-0.25, -0.2) is 4.79 Å². The molecule has 1 aliphatic heterocycles. The molecular weight excluding hydrogens is 556 g/mol. The summed E-state index contributed by atoms with van der Waals surface area (Å²) in [5.74, 6) is 0.203. The van der Waals surface area contributed by atoms with Crippen molar-refractivity contribution in [1.29, 1.82) is 0 Å². The van der Waals surface area contributed by atoms with Gasteiger partial charge in [0.2, 0.25) is 5.91 Å². The van der Waals surface area contributed by atoms with Gasteiger partial charge in [0.25, 0.3) is 5.91 Å². The van der Waals surface area contributed by atoms with E-state index in [4.69, 9.17) is 4.74 Å².